The molecule has 1 saturated heterocycles. The van der Waals surface area contributed by atoms with Crippen LogP contribution in [-0.2, 0) is 20.7 Å². The summed E-state index contributed by atoms with van der Waals surface area (Å²) in [4.78, 5) is 30.9. The lowest BCUT2D eigenvalue weighted by Gasteiger charge is -2.36. The number of anilines is 2. The number of allylic oxidation sites excluding steroid dienone is 10. The highest BCUT2D eigenvalue weighted by Gasteiger charge is 2.20. The van der Waals surface area contributed by atoms with Crippen LogP contribution in [-0.4, -0.2) is 63.3 Å². The Morgan fingerprint density at radius 1 is 0.782 bits per heavy atom. The number of ether oxygens (including phenoxy) is 2. The molecule has 0 bridgehead atoms. The third-order valence-electron chi connectivity index (χ3n) is 9.29. The lowest BCUT2D eigenvalue weighted by atomic mass is 10.1. The van der Waals surface area contributed by atoms with Gasteiger partial charge in [-0.25, -0.2) is 0 Å². The zero-order chi connectivity index (χ0) is 39.4. The van der Waals surface area contributed by atoms with Crippen LogP contribution in [0.15, 0.2) is 97.2 Å². The molecule has 1 aliphatic heterocycles. The largest absolute Gasteiger partial charge is 0.494 e. The number of halogens is 2. The number of aryl methyl sites for hydroxylation is 1. The van der Waals surface area contributed by atoms with Crippen LogP contribution in [0.1, 0.15) is 96.5 Å². The summed E-state index contributed by atoms with van der Waals surface area (Å²) in [5, 5.41) is 1.21. The summed E-state index contributed by atoms with van der Waals surface area (Å²) in [5.41, 5.74) is 2.74. The molecule has 7 nitrogen and oxygen atoms in total. The summed E-state index contributed by atoms with van der Waals surface area (Å²) >= 11 is 12.7. The van der Waals surface area contributed by atoms with Gasteiger partial charge in [-0.15, -0.1) is 0 Å². The van der Waals surface area contributed by atoms with E-state index in [9.17, 15) is 9.59 Å². The minimum absolute atomic E-state index is 0.124. The number of hydrogen-bond donors (Lipinski definition) is 0. The van der Waals surface area contributed by atoms with Crippen molar-refractivity contribution in [3.05, 3.63) is 113 Å². The van der Waals surface area contributed by atoms with Crippen molar-refractivity contribution in [2.24, 2.45) is 0 Å². The second-order valence-corrected chi connectivity index (χ2v) is 14.5. The molecule has 55 heavy (non-hydrogen) atoms. The fourth-order valence-corrected chi connectivity index (χ4v) is 6.59. The van der Waals surface area contributed by atoms with E-state index >= 15 is 0 Å². The molecule has 1 fully saturated rings. The van der Waals surface area contributed by atoms with E-state index in [1.165, 1.54) is 11.3 Å². The first-order chi connectivity index (χ1) is 27.0. The third kappa shape index (κ3) is 18.6. The van der Waals surface area contributed by atoms with Crippen LogP contribution in [0.3, 0.4) is 0 Å². The second kappa shape index (κ2) is 28.6. The Kier molecular flexibility index (Phi) is 23.7. The van der Waals surface area contributed by atoms with Crippen LogP contribution < -0.4 is 14.5 Å². The van der Waals surface area contributed by atoms with E-state index in [1.54, 1.807) is 0 Å². The molecule has 0 aromatic heterocycles. The first-order valence-corrected chi connectivity index (χ1v) is 21.0. The third-order valence-corrected chi connectivity index (χ3v) is 10.1. The molecule has 0 aliphatic carbocycles. The van der Waals surface area contributed by atoms with E-state index in [0.29, 0.717) is 40.9 Å². The maximum absolute atomic E-state index is 12.5. The molecule has 2 aromatic carbocycles. The molecule has 0 radical (unpaired) electrons. The predicted molar refractivity (Wildman–Crippen MR) is 233 cm³/mol. The molecule has 0 saturated carbocycles. The van der Waals surface area contributed by atoms with Crippen molar-refractivity contribution in [3.8, 4) is 5.75 Å². The smallest absolute Gasteiger partial charge is 0.307 e. The van der Waals surface area contributed by atoms with E-state index in [0.717, 1.165) is 115 Å². The van der Waals surface area contributed by atoms with Crippen LogP contribution in [0.25, 0.3) is 0 Å². The first kappa shape index (κ1) is 45.6. The van der Waals surface area contributed by atoms with Crippen molar-refractivity contribution in [2.45, 2.75) is 97.3 Å². The molecule has 1 heterocycles. The van der Waals surface area contributed by atoms with Crippen LogP contribution in [0.4, 0.5) is 11.4 Å². The van der Waals surface area contributed by atoms with Crippen molar-refractivity contribution < 1.29 is 19.1 Å². The summed E-state index contributed by atoms with van der Waals surface area (Å²) in [6, 6.07) is 11.6. The molecular formula is C46H63Cl2N3O4. The number of unbranched alkanes of at least 4 members (excludes halogenated alkanes) is 3. The maximum atomic E-state index is 12.5. The summed E-state index contributed by atoms with van der Waals surface area (Å²) in [7, 11) is 0. The number of amides is 1. The van der Waals surface area contributed by atoms with Gasteiger partial charge in [0.2, 0.25) is 6.41 Å². The Morgan fingerprint density at radius 2 is 1.44 bits per heavy atom. The van der Waals surface area contributed by atoms with E-state index in [1.807, 2.05) is 36.4 Å². The molecule has 3 rings (SSSR count). The van der Waals surface area contributed by atoms with Crippen LogP contribution in [0.5, 0.6) is 5.75 Å². The Balaban J connectivity index is 1.30. The van der Waals surface area contributed by atoms with Gasteiger partial charge in [-0.05, 0) is 94.5 Å². The van der Waals surface area contributed by atoms with Gasteiger partial charge in [0, 0.05) is 38.7 Å². The van der Waals surface area contributed by atoms with Gasteiger partial charge < -0.3 is 14.4 Å². The number of benzene rings is 2. The fourth-order valence-electron chi connectivity index (χ4n) is 6.18. The van der Waals surface area contributed by atoms with E-state index in [2.05, 4.69) is 84.4 Å². The topological polar surface area (TPSA) is 62.3 Å². The Morgan fingerprint density at radius 3 is 2.07 bits per heavy atom. The summed E-state index contributed by atoms with van der Waals surface area (Å²) in [6.07, 6.45) is 34.2. The van der Waals surface area contributed by atoms with Gasteiger partial charge in [0.1, 0.15) is 5.75 Å². The summed E-state index contributed by atoms with van der Waals surface area (Å²) in [6.45, 7) is 9.54. The summed E-state index contributed by atoms with van der Waals surface area (Å²) < 4.78 is 11.6. The highest BCUT2D eigenvalue weighted by Crippen LogP contribution is 2.33. The Hall–Kier alpha value is -3.78. The van der Waals surface area contributed by atoms with Crippen molar-refractivity contribution in [2.75, 3.05) is 55.9 Å². The molecule has 1 aliphatic rings. The van der Waals surface area contributed by atoms with Gasteiger partial charge in [-0.2, -0.15) is 0 Å². The van der Waals surface area contributed by atoms with Crippen LogP contribution in [0, 0.1) is 0 Å². The van der Waals surface area contributed by atoms with Gasteiger partial charge in [-0.3, -0.25) is 19.4 Å². The maximum Gasteiger partial charge on any atom is 0.307 e. The first-order valence-electron chi connectivity index (χ1n) is 20.3. The van der Waals surface area contributed by atoms with E-state index in [-0.39, 0.29) is 12.7 Å². The van der Waals surface area contributed by atoms with Crippen molar-refractivity contribution in [3.63, 3.8) is 0 Å². The zero-order valence-electron chi connectivity index (χ0n) is 33.2. The van der Waals surface area contributed by atoms with Gasteiger partial charge in [0.25, 0.3) is 0 Å². The van der Waals surface area contributed by atoms with Gasteiger partial charge in [0.05, 0.1) is 28.0 Å². The molecule has 0 spiro atoms. The number of carbonyl (C=O) groups is 2. The number of hydrogen-bond acceptors (Lipinski definition) is 6. The number of rotatable bonds is 27. The van der Waals surface area contributed by atoms with Gasteiger partial charge >= 0.3 is 5.97 Å². The number of nitrogens with zero attached hydrogens (tertiary/aromatic N) is 3. The minimum Gasteiger partial charge on any atom is -0.494 e. The Labute approximate surface area is 341 Å². The predicted octanol–water partition coefficient (Wildman–Crippen LogP) is 11.7. The van der Waals surface area contributed by atoms with Crippen molar-refractivity contribution in [1.29, 1.82) is 0 Å². The van der Waals surface area contributed by atoms with E-state index in [4.69, 9.17) is 32.7 Å². The Bertz CT molecular complexity index is 1550. The molecule has 0 atom stereocenters. The van der Waals surface area contributed by atoms with Gasteiger partial charge in [-0.1, -0.05) is 123 Å². The number of carbonyl (C=O) groups excluding carboxylic acids is 2. The average Bonchev–Trinajstić information content (AvgIpc) is 3.19. The lowest BCUT2D eigenvalue weighted by Crippen LogP contribution is -2.46. The molecule has 1 amide bonds. The number of piperazine rings is 1. The molecule has 300 valence electrons. The van der Waals surface area contributed by atoms with E-state index < -0.39 is 0 Å². The minimum atomic E-state index is -0.311. The van der Waals surface area contributed by atoms with Crippen molar-refractivity contribution >= 4 is 47.0 Å². The van der Waals surface area contributed by atoms with Gasteiger partial charge in [0.15, 0.2) is 6.73 Å². The molecular weight excluding hydrogens is 729 g/mol. The van der Waals surface area contributed by atoms with Crippen molar-refractivity contribution in [1.82, 2.24) is 4.90 Å². The second-order valence-electron chi connectivity index (χ2n) is 13.7. The average molecular weight is 793 g/mol. The lowest BCUT2D eigenvalue weighted by molar-refractivity contribution is -0.143. The number of esters is 1. The quantitative estimate of drug-likeness (QED) is 0.0295. The fraction of sp³-hybridized carbons (Fsp3) is 0.478. The molecule has 0 N–H and O–H groups in total. The monoisotopic (exact) mass is 791 g/mol. The standard InChI is InChI=1S/C46H63Cl2N3O4/c1-3-5-6-7-8-9-10-11-12-13-14-15-16-17-18-19-20-21-28-45(53)55-39-51(38-52)44-37-41(30-29-40(44)25-4-2)54-36-23-22-31-49-32-34-50(35-33-49)43-27-24-26-42(47)46(43)48/h6-7,9-10,12-13,15-16,18-19,24,26-27,29-30,37-38H,3-5,8,11,14,17,20-23,25,28,31-36,39H2,1-2H3/b7-6-,10-9-,13-12-,16-15-,19-18-. The highest BCUT2D eigenvalue weighted by molar-refractivity contribution is 6.43. The summed E-state index contributed by atoms with van der Waals surface area (Å²) in [5.74, 6) is 0.390. The molecule has 0 unspecified atom stereocenters. The molecule has 9 heteroatoms. The SMILES string of the molecule is CCC/C=C\C/C=C\C/C=C\C/C=C\C/C=C\CCCC(=O)OCN(C=O)c1cc(OCCCCN2CCN(c3cccc(Cl)c3Cl)CC2)ccc1CCC. The highest BCUT2D eigenvalue weighted by atomic mass is 35.5. The normalized spacial score (nSPS) is 14.0. The van der Waals surface area contributed by atoms with Crippen LogP contribution in [0.2, 0.25) is 10.0 Å². The van der Waals surface area contributed by atoms with Crippen LogP contribution >= 0.6 is 23.2 Å². The zero-order valence-corrected chi connectivity index (χ0v) is 34.7. The molecule has 2 aromatic rings.